The quantitative estimate of drug-likeness (QED) is 0.826. The van der Waals surface area contributed by atoms with Gasteiger partial charge in [-0.1, -0.05) is 17.2 Å². The maximum Gasteiger partial charge on any atom is 0.309 e. The van der Waals surface area contributed by atoms with E-state index in [1.807, 2.05) is 19.9 Å². The summed E-state index contributed by atoms with van der Waals surface area (Å²) in [6.45, 7) is 7.03. The van der Waals surface area contributed by atoms with E-state index in [1.54, 1.807) is 24.0 Å². The molecule has 0 radical (unpaired) electrons. The SMILES string of the molecule is CCOC(=O)C1CCN(C(=O)CNC(=O)c2cc(C)cc(C)c2)CC1. The third kappa shape index (κ3) is 5.31. The van der Waals surface area contributed by atoms with Crippen LogP contribution >= 0.6 is 0 Å². The molecule has 1 heterocycles. The second-order valence-electron chi connectivity index (χ2n) is 6.47. The van der Waals surface area contributed by atoms with Crippen molar-refractivity contribution >= 4 is 17.8 Å². The summed E-state index contributed by atoms with van der Waals surface area (Å²) in [7, 11) is 0. The van der Waals surface area contributed by atoms with Gasteiger partial charge in [-0.15, -0.1) is 0 Å². The highest BCUT2D eigenvalue weighted by Gasteiger charge is 2.28. The zero-order valence-corrected chi connectivity index (χ0v) is 15.1. The summed E-state index contributed by atoms with van der Waals surface area (Å²) in [5.74, 6) is -0.687. The molecule has 6 nitrogen and oxygen atoms in total. The summed E-state index contributed by atoms with van der Waals surface area (Å²) in [6.07, 6.45) is 1.21. The van der Waals surface area contributed by atoms with Gasteiger partial charge in [0.2, 0.25) is 5.91 Å². The number of aryl methyl sites for hydroxylation is 2. The molecule has 1 aliphatic heterocycles. The molecular formula is C19H26N2O4. The number of ether oxygens (including phenoxy) is 1. The summed E-state index contributed by atoms with van der Waals surface area (Å²) in [6, 6.07) is 5.60. The van der Waals surface area contributed by atoms with Gasteiger partial charge in [0.1, 0.15) is 0 Å². The Kier molecular flexibility index (Phi) is 6.56. The van der Waals surface area contributed by atoms with Gasteiger partial charge in [-0.2, -0.15) is 0 Å². The fourth-order valence-corrected chi connectivity index (χ4v) is 3.10. The average Bonchev–Trinajstić information content (AvgIpc) is 2.59. The maximum absolute atomic E-state index is 12.3. The number of nitrogens with zero attached hydrogens (tertiary/aromatic N) is 1. The number of hydrogen-bond donors (Lipinski definition) is 1. The largest absolute Gasteiger partial charge is 0.466 e. The van der Waals surface area contributed by atoms with E-state index >= 15 is 0 Å². The number of benzene rings is 1. The van der Waals surface area contributed by atoms with E-state index in [1.165, 1.54) is 0 Å². The first-order valence-corrected chi connectivity index (χ1v) is 8.71. The molecule has 0 unspecified atom stereocenters. The Hall–Kier alpha value is -2.37. The Morgan fingerprint density at radius 3 is 2.28 bits per heavy atom. The van der Waals surface area contributed by atoms with Crippen molar-refractivity contribution in [1.29, 1.82) is 0 Å². The minimum absolute atomic E-state index is 0.0318. The zero-order valence-electron chi connectivity index (χ0n) is 15.1. The van der Waals surface area contributed by atoms with Gasteiger partial charge in [0, 0.05) is 18.7 Å². The summed E-state index contributed by atoms with van der Waals surface area (Å²) in [5.41, 5.74) is 2.58. The molecule has 2 rings (SSSR count). The van der Waals surface area contributed by atoms with Crippen LogP contribution in [0.2, 0.25) is 0 Å². The topological polar surface area (TPSA) is 75.7 Å². The molecule has 25 heavy (non-hydrogen) atoms. The molecule has 0 aliphatic carbocycles. The first-order valence-electron chi connectivity index (χ1n) is 8.71. The van der Waals surface area contributed by atoms with Crippen LogP contribution in [0.4, 0.5) is 0 Å². The molecule has 1 aromatic rings. The van der Waals surface area contributed by atoms with Crippen molar-refractivity contribution in [2.75, 3.05) is 26.2 Å². The lowest BCUT2D eigenvalue weighted by atomic mass is 9.97. The molecule has 1 fully saturated rings. The molecule has 0 atom stereocenters. The van der Waals surface area contributed by atoms with E-state index in [9.17, 15) is 14.4 Å². The Labute approximate surface area is 148 Å². The number of amides is 2. The lowest BCUT2D eigenvalue weighted by molar-refractivity contribution is -0.151. The van der Waals surface area contributed by atoms with Crippen LogP contribution in [0.1, 0.15) is 41.3 Å². The van der Waals surface area contributed by atoms with Crippen molar-refractivity contribution in [3.8, 4) is 0 Å². The molecule has 1 aromatic carbocycles. The smallest absolute Gasteiger partial charge is 0.309 e. The van der Waals surface area contributed by atoms with Gasteiger partial charge in [-0.25, -0.2) is 0 Å². The van der Waals surface area contributed by atoms with E-state index in [-0.39, 0.29) is 30.2 Å². The summed E-state index contributed by atoms with van der Waals surface area (Å²) in [5, 5.41) is 2.68. The van der Waals surface area contributed by atoms with Crippen molar-refractivity contribution in [3.63, 3.8) is 0 Å². The third-order valence-electron chi connectivity index (χ3n) is 4.35. The molecule has 136 valence electrons. The van der Waals surface area contributed by atoms with Crippen LogP contribution in [-0.4, -0.2) is 48.9 Å². The number of hydrogen-bond acceptors (Lipinski definition) is 4. The fourth-order valence-electron chi connectivity index (χ4n) is 3.10. The second-order valence-corrected chi connectivity index (χ2v) is 6.47. The highest BCUT2D eigenvalue weighted by molar-refractivity contribution is 5.96. The van der Waals surface area contributed by atoms with E-state index in [0.29, 0.717) is 38.1 Å². The molecule has 0 aromatic heterocycles. The van der Waals surface area contributed by atoms with Crippen LogP contribution in [0, 0.1) is 19.8 Å². The number of carbonyl (C=O) groups excluding carboxylic acids is 3. The van der Waals surface area contributed by atoms with Gasteiger partial charge in [0.25, 0.3) is 5.91 Å². The second kappa shape index (κ2) is 8.65. The number of nitrogens with one attached hydrogen (secondary N) is 1. The lowest BCUT2D eigenvalue weighted by Crippen LogP contribution is -2.45. The summed E-state index contributed by atoms with van der Waals surface area (Å²) >= 11 is 0. The predicted octanol–water partition coefficient (Wildman–Crippen LogP) is 1.83. The average molecular weight is 346 g/mol. The van der Waals surface area contributed by atoms with E-state index in [0.717, 1.165) is 11.1 Å². The Bertz CT molecular complexity index is 629. The predicted molar refractivity (Wildman–Crippen MR) is 94.2 cm³/mol. The van der Waals surface area contributed by atoms with Crippen LogP contribution in [0.3, 0.4) is 0 Å². The monoisotopic (exact) mass is 346 g/mol. The van der Waals surface area contributed by atoms with Gasteiger partial charge in [-0.05, 0) is 45.7 Å². The normalized spacial score (nSPS) is 14.9. The van der Waals surface area contributed by atoms with Gasteiger partial charge >= 0.3 is 5.97 Å². The Morgan fingerprint density at radius 1 is 1.12 bits per heavy atom. The molecule has 0 spiro atoms. The first kappa shape index (κ1) is 19.0. The number of carbonyl (C=O) groups is 3. The highest BCUT2D eigenvalue weighted by atomic mass is 16.5. The van der Waals surface area contributed by atoms with Crippen molar-refractivity contribution in [2.45, 2.75) is 33.6 Å². The fraction of sp³-hybridized carbons (Fsp3) is 0.526. The molecule has 6 heteroatoms. The van der Waals surface area contributed by atoms with Crippen molar-refractivity contribution < 1.29 is 19.1 Å². The summed E-state index contributed by atoms with van der Waals surface area (Å²) in [4.78, 5) is 37.9. The van der Waals surface area contributed by atoms with Crippen molar-refractivity contribution in [2.24, 2.45) is 5.92 Å². The molecule has 1 saturated heterocycles. The van der Waals surface area contributed by atoms with E-state index < -0.39 is 0 Å². The lowest BCUT2D eigenvalue weighted by Gasteiger charge is -2.31. The zero-order chi connectivity index (χ0) is 18.4. The third-order valence-corrected chi connectivity index (χ3v) is 4.35. The van der Waals surface area contributed by atoms with Crippen molar-refractivity contribution in [1.82, 2.24) is 10.2 Å². The number of esters is 1. The van der Waals surface area contributed by atoms with Gasteiger partial charge in [0.15, 0.2) is 0 Å². The molecular weight excluding hydrogens is 320 g/mol. The van der Waals surface area contributed by atoms with E-state index in [2.05, 4.69) is 5.32 Å². The van der Waals surface area contributed by atoms with Crippen LogP contribution in [-0.2, 0) is 14.3 Å². The van der Waals surface area contributed by atoms with Gasteiger partial charge in [0.05, 0.1) is 19.1 Å². The number of piperidine rings is 1. The van der Waals surface area contributed by atoms with Crippen LogP contribution in [0.15, 0.2) is 18.2 Å². The number of likely N-dealkylation sites (tertiary alicyclic amines) is 1. The first-order chi connectivity index (χ1) is 11.9. The van der Waals surface area contributed by atoms with Crippen LogP contribution < -0.4 is 5.32 Å². The minimum Gasteiger partial charge on any atom is -0.466 e. The maximum atomic E-state index is 12.3. The molecule has 0 bridgehead atoms. The van der Waals surface area contributed by atoms with Crippen molar-refractivity contribution in [3.05, 3.63) is 34.9 Å². The standard InChI is InChI=1S/C19H26N2O4/c1-4-25-19(24)15-5-7-21(8-6-15)17(22)12-20-18(23)16-10-13(2)9-14(3)11-16/h9-11,15H,4-8,12H2,1-3H3,(H,20,23). The highest BCUT2D eigenvalue weighted by Crippen LogP contribution is 2.18. The Balaban J connectivity index is 1.81. The van der Waals surface area contributed by atoms with Crippen LogP contribution in [0.25, 0.3) is 0 Å². The van der Waals surface area contributed by atoms with Gasteiger partial charge in [-0.3, -0.25) is 14.4 Å². The van der Waals surface area contributed by atoms with Gasteiger partial charge < -0.3 is 15.0 Å². The Morgan fingerprint density at radius 2 is 1.72 bits per heavy atom. The molecule has 1 N–H and O–H groups in total. The minimum atomic E-state index is -0.249. The number of rotatable bonds is 5. The van der Waals surface area contributed by atoms with E-state index in [4.69, 9.17) is 4.74 Å². The summed E-state index contributed by atoms with van der Waals surface area (Å²) < 4.78 is 5.02. The molecule has 1 aliphatic rings. The van der Waals surface area contributed by atoms with Crippen LogP contribution in [0.5, 0.6) is 0 Å². The molecule has 0 saturated carbocycles. The molecule has 2 amide bonds.